The molecule has 1 N–H and O–H groups in total. The van der Waals surface area contributed by atoms with Crippen LogP contribution in [0.1, 0.15) is 5.76 Å². The van der Waals surface area contributed by atoms with Crippen molar-refractivity contribution in [3.8, 4) is 17.6 Å². The van der Waals surface area contributed by atoms with Crippen molar-refractivity contribution in [3.63, 3.8) is 0 Å². The van der Waals surface area contributed by atoms with Crippen molar-refractivity contribution in [2.75, 3.05) is 4.90 Å². The highest BCUT2D eigenvalue weighted by atomic mass is 32.1. The van der Waals surface area contributed by atoms with Crippen LogP contribution in [0.15, 0.2) is 94.6 Å². The van der Waals surface area contributed by atoms with Crippen LogP contribution in [0.25, 0.3) is 6.08 Å². The number of para-hydroxylation sites is 1. The Labute approximate surface area is 188 Å². The fourth-order valence-electron chi connectivity index (χ4n) is 2.97. The van der Waals surface area contributed by atoms with Crippen LogP contribution in [0.3, 0.4) is 0 Å². The van der Waals surface area contributed by atoms with Crippen LogP contribution >= 0.6 is 12.2 Å². The van der Waals surface area contributed by atoms with Gasteiger partial charge in [0.05, 0.1) is 23.6 Å². The molecule has 1 fully saturated rings. The summed E-state index contributed by atoms with van der Waals surface area (Å²) in [6.07, 6.45) is 4.10. The standard InChI is InChI=1S/C24H15N3O4S/c25-15-16(13-20-7-4-12-30-20)14-21-22(28)26-24(32)27(23(21)29)17-8-10-19(11-9-17)31-18-5-2-1-3-6-18/h1-14H,(H,26,28,32). The first-order valence-corrected chi connectivity index (χ1v) is 9.86. The Bertz CT molecular complexity index is 1270. The van der Waals surface area contributed by atoms with E-state index in [1.807, 2.05) is 36.4 Å². The zero-order valence-corrected chi connectivity index (χ0v) is 17.3. The van der Waals surface area contributed by atoms with Crippen LogP contribution in [0.2, 0.25) is 0 Å². The minimum absolute atomic E-state index is 0.0533. The van der Waals surface area contributed by atoms with E-state index in [2.05, 4.69) is 5.32 Å². The number of ether oxygens (including phenoxy) is 1. The number of carbonyl (C=O) groups excluding carboxylic acids is 2. The number of hydrogen-bond acceptors (Lipinski definition) is 6. The summed E-state index contributed by atoms with van der Waals surface area (Å²) in [5.41, 5.74) is 0.306. The van der Waals surface area contributed by atoms with Crippen LogP contribution in [0, 0.1) is 11.3 Å². The molecule has 0 aliphatic carbocycles. The van der Waals surface area contributed by atoms with E-state index in [4.69, 9.17) is 21.4 Å². The zero-order valence-electron chi connectivity index (χ0n) is 16.5. The number of amides is 2. The molecule has 2 aromatic carbocycles. The molecule has 156 valence electrons. The smallest absolute Gasteiger partial charge is 0.270 e. The number of rotatable bonds is 5. The van der Waals surface area contributed by atoms with E-state index in [9.17, 15) is 14.9 Å². The van der Waals surface area contributed by atoms with Crippen molar-refractivity contribution in [2.45, 2.75) is 0 Å². The molecular formula is C24H15N3O4S. The van der Waals surface area contributed by atoms with Gasteiger partial charge < -0.3 is 9.15 Å². The van der Waals surface area contributed by atoms with E-state index in [1.165, 1.54) is 23.3 Å². The highest BCUT2D eigenvalue weighted by molar-refractivity contribution is 7.80. The number of furan rings is 1. The minimum atomic E-state index is -0.680. The van der Waals surface area contributed by atoms with Crippen molar-refractivity contribution in [1.82, 2.24) is 5.32 Å². The largest absolute Gasteiger partial charge is 0.465 e. The molecule has 2 heterocycles. The molecule has 32 heavy (non-hydrogen) atoms. The van der Waals surface area contributed by atoms with Gasteiger partial charge in [-0.15, -0.1) is 0 Å². The lowest BCUT2D eigenvalue weighted by Crippen LogP contribution is -2.54. The normalized spacial score (nSPS) is 15.5. The van der Waals surface area contributed by atoms with Crippen molar-refractivity contribution in [3.05, 3.63) is 96.0 Å². The van der Waals surface area contributed by atoms with Crippen molar-refractivity contribution < 1.29 is 18.7 Å². The number of hydrogen-bond donors (Lipinski definition) is 1. The average molecular weight is 441 g/mol. The Kier molecular flexibility index (Phi) is 5.92. The van der Waals surface area contributed by atoms with Gasteiger partial charge in [0.2, 0.25) is 0 Å². The summed E-state index contributed by atoms with van der Waals surface area (Å²) in [5.74, 6) is 0.346. The van der Waals surface area contributed by atoms with Gasteiger partial charge in [-0.05, 0) is 72.9 Å². The molecule has 3 aromatic rings. The van der Waals surface area contributed by atoms with Gasteiger partial charge in [0.15, 0.2) is 5.11 Å². The van der Waals surface area contributed by atoms with Crippen LogP contribution in [-0.4, -0.2) is 16.9 Å². The van der Waals surface area contributed by atoms with Gasteiger partial charge in [-0.25, -0.2) is 0 Å². The lowest BCUT2D eigenvalue weighted by Gasteiger charge is -2.29. The van der Waals surface area contributed by atoms with Crippen molar-refractivity contribution in [1.29, 1.82) is 5.26 Å². The number of thiocarbonyl (C=S) groups is 1. The molecule has 0 unspecified atom stereocenters. The summed E-state index contributed by atoms with van der Waals surface area (Å²) in [4.78, 5) is 26.7. The Balaban J connectivity index is 1.60. The molecule has 0 bridgehead atoms. The highest BCUT2D eigenvalue weighted by Crippen LogP contribution is 2.27. The lowest BCUT2D eigenvalue weighted by atomic mass is 10.1. The number of benzene rings is 2. The van der Waals surface area contributed by atoms with E-state index < -0.39 is 11.8 Å². The Hall–Kier alpha value is -4.48. The third-order valence-electron chi connectivity index (χ3n) is 4.45. The van der Waals surface area contributed by atoms with Crippen LogP contribution in [-0.2, 0) is 9.59 Å². The van der Waals surface area contributed by atoms with E-state index >= 15 is 0 Å². The molecule has 0 atom stereocenters. The average Bonchev–Trinajstić information content (AvgIpc) is 3.30. The third kappa shape index (κ3) is 4.48. The van der Waals surface area contributed by atoms with Crippen LogP contribution in [0.5, 0.6) is 11.5 Å². The van der Waals surface area contributed by atoms with E-state index in [0.717, 1.165) is 0 Å². The second kappa shape index (κ2) is 9.12. The summed E-state index contributed by atoms with van der Waals surface area (Å²) in [5, 5.41) is 11.8. The van der Waals surface area contributed by atoms with Crippen molar-refractivity contribution in [2.24, 2.45) is 0 Å². The predicted octanol–water partition coefficient (Wildman–Crippen LogP) is 4.35. The molecule has 0 saturated carbocycles. The van der Waals surface area contributed by atoms with Gasteiger partial charge in [0, 0.05) is 0 Å². The maximum Gasteiger partial charge on any atom is 0.270 e. The molecule has 4 rings (SSSR count). The van der Waals surface area contributed by atoms with E-state index in [1.54, 1.807) is 36.4 Å². The monoisotopic (exact) mass is 441 g/mol. The molecule has 0 spiro atoms. The summed E-state index contributed by atoms with van der Waals surface area (Å²) in [7, 11) is 0. The Morgan fingerprint density at radius 3 is 2.41 bits per heavy atom. The Morgan fingerprint density at radius 2 is 1.75 bits per heavy atom. The first kappa shape index (κ1) is 20.8. The summed E-state index contributed by atoms with van der Waals surface area (Å²) in [6.45, 7) is 0. The van der Waals surface area contributed by atoms with E-state index in [0.29, 0.717) is 22.9 Å². The summed E-state index contributed by atoms with van der Waals surface area (Å²) < 4.78 is 10.9. The molecule has 1 aliphatic heterocycles. The zero-order chi connectivity index (χ0) is 22.5. The molecule has 2 amide bonds. The maximum atomic E-state index is 13.1. The molecule has 7 nitrogen and oxygen atoms in total. The molecule has 1 saturated heterocycles. The molecular weight excluding hydrogens is 426 g/mol. The molecule has 1 aliphatic rings. The second-order valence-corrected chi connectivity index (χ2v) is 6.98. The second-order valence-electron chi connectivity index (χ2n) is 6.59. The fourth-order valence-corrected chi connectivity index (χ4v) is 3.25. The van der Waals surface area contributed by atoms with Gasteiger partial charge in [-0.1, -0.05) is 18.2 Å². The third-order valence-corrected chi connectivity index (χ3v) is 4.73. The molecule has 1 aromatic heterocycles. The number of nitrogens with zero attached hydrogens (tertiary/aromatic N) is 2. The van der Waals surface area contributed by atoms with Gasteiger partial charge in [-0.2, -0.15) is 5.26 Å². The number of nitriles is 1. The molecule has 0 radical (unpaired) electrons. The molecule has 8 heteroatoms. The van der Waals surface area contributed by atoms with Crippen molar-refractivity contribution >= 4 is 40.9 Å². The first-order valence-electron chi connectivity index (χ1n) is 9.45. The van der Waals surface area contributed by atoms with Gasteiger partial charge in [0.25, 0.3) is 11.8 Å². The van der Waals surface area contributed by atoms with E-state index in [-0.39, 0.29) is 16.3 Å². The van der Waals surface area contributed by atoms with Gasteiger partial charge in [-0.3, -0.25) is 19.8 Å². The quantitative estimate of drug-likeness (QED) is 0.274. The number of allylic oxidation sites excluding steroid dienone is 2. The van der Waals surface area contributed by atoms with Gasteiger partial charge >= 0.3 is 0 Å². The highest BCUT2D eigenvalue weighted by Gasteiger charge is 2.34. The fraction of sp³-hybridized carbons (Fsp3) is 0. The number of anilines is 1. The number of carbonyl (C=O) groups is 2. The Morgan fingerprint density at radius 1 is 1.03 bits per heavy atom. The minimum Gasteiger partial charge on any atom is -0.465 e. The lowest BCUT2D eigenvalue weighted by molar-refractivity contribution is -0.122. The SMILES string of the molecule is N#CC(=Cc1ccco1)C=C1C(=O)NC(=S)N(c2ccc(Oc3ccccc3)cc2)C1=O. The van der Waals surface area contributed by atoms with Crippen LogP contribution < -0.4 is 15.0 Å². The number of nitrogens with one attached hydrogen (secondary N) is 1. The summed E-state index contributed by atoms with van der Waals surface area (Å²) in [6, 6.07) is 21.2. The first-order chi connectivity index (χ1) is 15.5. The maximum absolute atomic E-state index is 13.1. The van der Waals surface area contributed by atoms with Crippen LogP contribution in [0.4, 0.5) is 5.69 Å². The predicted molar refractivity (Wildman–Crippen MR) is 122 cm³/mol. The summed E-state index contributed by atoms with van der Waals surface area (Å²) >= 11 is 5.21. The topological polar surface area (TPSA) is 95.6 Å². The van der Waals surface area contributed by atoms with Gasteiger partial charge in [0.1, 0.15) is 22.8 Å².